The number of aromatic amines is 1. The summed E-state index contributed by atoms with van der Waals surface area (Å²) in [6.07, 6.45) is 0.670. The standard InChI is InChI=1S/C14H18N2O7S2.2Na.2H/c1-4-14(2,3)12-8-13(17)16(15-12)10-7-9(24(18,19)20)5-6-11(10)25(21,22)23;;;;/h5-8,15H,4H2,1-3H3,(H,18,19,20)(H,21,22,23);;;;/q;2*+1;2*-1. The Morgan fingerprint density at radius 1 is 1.07 bits per heavy atom. The fourth-order valence-electron chi connectivity index (χ4n) is 2.16. The van der Waals surface area contributed by atoms with E-state index in [9.17, 15) is 26.2 Å². The van der Waals surface area contributed by atoms with E-state index in [1.807, 2.05) is 20.8 Å². The molecule has 9 nitrogen and oxygen atoms in total. The van der Waals surface area contributed by atoms with Gasteiger partial charge in [-0.05, 0) is 24.6 Å². The molecular weight excluding hydrogens is 418 g/mol. The first kappa shape index (κ1) is 27.0. The summed E-state index contributed by atoms with van der Waals surface area (Å²) >= 11 is 0. The Hall–Kier alpha value is 0.0500. The number of benzene rings is 1. The molecular formula is C14H20N2Na2O7S2. The second-order valence-corrected chi connectivity index (χ2v) is 8.97. The van der Waals surface area contributed by atoms with Crippen molar-refractivity contribution < 1.29 is 87.9 Å². The molecule has 0 radical (unpaired) electrons. The van der Waals surface area contributed by atoms with E-state index in [4.69, 9.17) is 4.55 Å². The van der Waals surface area contributed by atoms with Crippen molar-refractivity contribution in [1.82, 2.24) is 9.78 Å². The maximum atomic E-state index is 12.3. The maximum absolute atomic E-state index is 12.3. The second kappa shape index (κ2) is 9.24. The third kappa shape index (κ3) is 6.01. The monoisotopic (exact) mass is 438 g/mol. The Morgan fingerprint density at radius 3 is 2.07 bits per heavy atom. The van der Waals surface area contributed by atoms with Crippen molar-refractivity contribution in [2.75, 3.05) is 0 Å². The molecule has 27 heavy (non-hydrogen) atoms. The van der Waals surface area contributed by atoms with E-state index in [2.05, 4.69) is 5.10 Å². The van der Waals surface area contributed by atoms with Crippen LogP contribution in [0.4, 0.5) is 0 Å². The van der Waals surface area contributed by atoms with E-state index in [0.717, 1.165) is 22.9 Å². The summed E-state index contributed by atoms with van der Waals surface area (Å²) in [5, 5.41) is 2.73. The average Bonchev–Trinajstić information content (AvgIpc) is 2.87. The van der Waals surface area contributed by atoms with Gasteiger partial charge in [0.25, 0.3) is 25.8 Å². The van der Waals surface area contributed by atoms with Gasteiger partial charge in [-0.3, -0.25) is 19.0 Å². The number of nitrogens with one attached hydrogen (secondary N) is 1. The van der Waals surface area contributed by atoms with Crippen LogP contribution in [-0.4, -0.2) is 35.7 Å². The van der Waals surface area contributed by atoms with E-state index in [-0.39, 0.29) is 62.0 Å². The zero-order valence-electron chi connectivity index (χ0n) is 17.7. The van der Waals surface area contributed by atoms with Crippen LogP contribution in [0.25, 0.3) is 5.69 Å². The summed E-state index contributed by atoms with van der Waals surface area (Å²) < 4.78 is 65.1. The molecule has 0 unspecified atom stereocenters. The Balaban J connectivity index is -0.00000169. The first-order chi connectivity index (χ1) is 11.3. The summed E-state index contributed by atoms with van der Waals surface area (Å²) in [6.45, 7) is 5.63. The van der Waals surface area contributed by atoms with E-state index in [0.29, 0.717) is 12.1 Å². The van der Waals surface area contributed by atoms with Gasteiger partial charge in [0.1, 0.15) is 4.90 Å². The van der Waals surface area contributed by atoms with Crippen LogP contribution in [0.15, 0.2) is 38.9 Å². The fourth-order valence-corrected chi connectivity index (χ4v) is 3.32. The van der Waals surface area contributed by atoms with Crippen molar-refractivity contribution in [2.24, 2.45) is 0 Å². The van der Waals surface area contributed by atoms with Crippen LogP contribution in [0.3, 0.4) is 0 Å². The predicted molar refractivity (Wildman–Crippen MR) is 91.6 cm³/mol. The average molecular weight is 438 g/mol. The van der Waals surface area contributed by atoms with Gasteiger partial charge in [-0.25, -0.2) is 4.68 Å². The second-order valence-electron chi connectivity index (χ2n) is 6.16. The maximum Gasteiger partial charge on any atom is 1.00 e. The van der Waals surface area contributed by atoms with E-state index < -0.39 is 46.7 Å². The number of nitrogens with zero attached hydrogens (tertiary/aromatic N) is 1. The normalized spacial score (nSPS) is 12.2. The molecule has 0 saturated heterocycles. The van der Waals surface area contributed by atoms with Crippen molar-refractivity contribution in [1.29, 1.82) is 0 Å². The predicted octanol–water partition coefficient (Wildman–Crippen LogP) is -4.42. The molecule has 1 aromatic heterocycles. The van der Waals surface area contributed by atoms with Crippen LogP contribution in [0, 0.1) is 0 Å². The Labute approximate surface area is 204 Å². The van der Waals surface area contributed by atoms with Crippen LogP contribution in [0.5, 0.6) is 0 Å². The van der Waals surface area contributed by atoms with Gasteiger partial charge in [0.05, 0.1) is 10.6 Å². The first-order valence-electron chi connectivity index (χ1n) is 7.19. The van der Waals surface area contributed by atoms with Crippen LogP contribution >= 0.6 is 0 Å². The van der Waals surface area contributed by atoms with Gasteiger partial charge in [0.2, 0.25) is 0 Å². The van der Waals surface area contributed by atoms with Crippen molar-refractivity contribution in [2.45, 2.75) is 42.4 Å². The largest absolute Gasteiger partial charge is 1.00 e. The summed E-state index contributed by atoms with van der Waals surface area (Å²) in [5.41, 5.74) is -0.989. The third-order valence-corrected chi connectivity index (χ3v) is 5.83. The van der Waals surface area contributed by atoms with Gasteiger partial charge in [0, 0.05) is 17.2 Å². The number of rotatable bonds is 5. The third-order valence-electron chi connectivity index (χ3n) is 4.08. The summed E-state index contributed by atoms with van der Waals surface area (Å²) in [7, 11) is -9.39. The molecule has 0 aliphatic carbocycles. The smallest absolute Gasteiger partial charge is 1.00 e. The van der Waals surface area contributed by atoms with Crippen molar-refractivity contribution in [3.05, 3.63) is 40.3 Å². The van der Waals surface area contributed by atoms with Crippen molar-refractivity contribution in [3.8, 4) is 5.69 Å². The van der Waals surface area contributed by atoms with Gasteiger partial charge in [0.15, 0.2) is 0 Å². The Bertz CT molecular complexity index is 1100. The molecule has 1 heterocycles. The molecule has 0 saturated carbocycles. The van der Waals surface area contributed by atoms with Crippen LogP contribution < -0.4 is 64.7 Å². The van der Waals surface area contributed by atoms with Gasteiger partial charge < -0.3 is 2.85 Å². The van der Waals surface area contributed by atoms with Crippen LogP contribution in [0.2, 0.25) is 0 Å². The summed E-state index contributed by atoms with van der Waals surface area (Å²) in [4.78, 5) is 11.0. The van der Waals surface area contributed by atoms with Gasteiger partial charge >= 0.3 is 59.1 Å². The van der Waals surface area contributed by atoms with Gasteiger partial charge in [-0.2, -0.15) is 16.8 Å². The molecule has 142 valence electrons. The minimum absolute atomic E-state index is 0. The Morgan fingerprint density at radius 2 is 1.63 bits per heavy atom. The summed E-state index contributed by atoms with van der Waals surface area (Å²) in [5.74, 6) is 0. The van der Waals surface area contributed by atoms with Crippen molar-refractivity contribution >= 4 is 20.2 Å². The minimum atomic E-state index is -4.75. The molecule has 3 N–H and O–H groups in total. The molecule has 1 aromatic carbocycles. The van der Waals surface area contributed by atoms with E-state index >= 15 is 0 Å². The molecule has 0 atom stereocenters. The molecule has 2 aromatic rings. The SMILES string of the molecule is CCC(C)(C)c1cc(=O)n(-c2cc(S(=O)(=O)O)ccc2S(=O)(=O)O)[nH]1.[H-].[H-].[Na+].[Na+]. The molecule has 0 bridgehead atoms. The van der Waals surface area contributed by atoms with E-state index in [1.54, 1.807) is 0 Å². The molecule has 0 spiro atoms. The molecule has 2 rings (SSSR count). The molecule has 0 aliphatic heterocycles. The first-order valence-corrected chi connectivity index (χ1v) is 10.1. The molecule has 0 fully saturated rings. The summed E-state index contributed by atoms with van der Waals surface area (Å²) in [6, 6.07) is 3.66. The van der Waals surface area contributed by atoms with Crippen molar-refractivity contribution in [3.63, 3.8) is 0 Å². The zero-order valence-corrected chi connectivity index (χ0v) is 21.3. The quantitative estimate of drug-likeness (QED) is 0.315. The number of hydrogen-bond donors (Lipinski definition) is 3. The number of aromatic nitrogens is 2. The van der Waals surface area contributed by atoms with Crippen LogP contribution in [0.1, 0.15) is 35.7 Å². The topological polar surface area (TPSA) is 147 Å². The molecule has 13 heteroatoms. The Kier molecular flexibility index (Phi) is 9.26. The number of H-pyrrole nitrogens is 1. The number of hydrogen-bond acceptors (Lipinski definition) is 5. The minimum Gasteiger partial charge on any atom is -1.00 e. The molecule has 0 amide bonds. The van der Waals surface area contributed by atoms with Gasteiger partial charge in [-0.15, -0.1) is 0 Å². The zero-order chi connectivity index (χ0) is 19.2. The molecule has 0 aliphatic rings. The van der Waals surface area contributed by atoms with Gasteiger partial charge in [-0.1, -0.05) is 20.8 Å². The van der Waals surface area contributed by atoms with Crippen LogP contribution in [-0.2, 0) is 25.7 Å². The van der Waals surface area contributed by atoms with E-state index in [1.165, 1.54) is 6.07 Å². The fraction of sp³-hybridized carbons (Fsp3) is 0.357.